The van der Waals surface area contributed by atoms with Crippen LogP contribution < -0.4 is 5.73 Å². The van der Waals surface area contributed by atoms with Gasteiger partial charge in [-0.15, -0.1) is 12.4 Å². The zero-order valence-corrected chi connectivity index (χ0v) is 11.4. The summed E-state index contributed by atoms with van der Waals surface area (Å²) in [5.41, 5.74) is 5.23. The zero-order valence-electron chi connectivity index (χ0n) is 10.6. The third kappa shape index (κ3) is 3.57. The van der Waals surface area contributed by atoms with Crippen LogP contribution in [0.3, 0.4) is 0 Å². The van der Waals surface area contributed by atoms with Gasteiger partial charge in [0.1, 0.15) is 0 Å². The predicted molar refractivity (Wildman–Crippen MR) is 66.8 cm³/mol. The molecule has 1 rings (SSSR count). The van der Waals surface area contributed by atoms with E-state index in [0.29, 0.717) is 6.54 Å². The van der Waals surface area contributed by atoms with Crippen LogP contribution in [0.4, 0.5) is 0 Å². The van der Waals surface area contributed by atoms with Crippen molar-refractivity contribution in [3.8, 4) is 0 Å². The van der Waals surface area contributed by atoms with Gasteiger partial charge in [0.25, 0.3) is 0 Å². The first-order valence-corrected chi connectivity index (χ1v) is 5.53. The highest BCUT2D eigenvalue weighted by Crippen LogP contribution is 2.30. The molecule has 1 aliphatic carbocycles. The molecule has 6 heteroatoms. The lowest BCUT2D eigenvalue weighted by Crippen LogP contribution is -2.59. The summed E-state index contributed by atoms with van der Waals surface area (Å²) in [6.07, 6.45) is 2.48. The molecule has 100 valence electrons. The molecule has 17 heavy (non-hydrogen) atoms. The summed E-state index contributed by atoms with van der Waals surface area (Å²) < 4.78 is 4.61. The summed E-state index contributed by atoms with van der Waals surface area (Å²) in [6.45, 7) is 2.09. The van der Waals surface area contributed by atoms with Crippen molar-refractivity contribution in [3.05, 3.63) is 0 Å². The smallest absolute Gasteiger partial charge is 0.310 e. The van der Waals surface area contributed by atoms with Crippen LogP contribution in [0.25, 0.3) is 0 Å². The van der Waals surface area contributed by atoms with E-state index in [1.54, 1.807) is 14.0 Å². The van der Waals surface area contributed by atoms with Crippen molar-refractivity contribution in [2.45, 2.75) is 31.7 Å². The lowest BCUT2D eigenvalue weighted by molar-refractivity contribution is -0.147. The van der Waals surface area contributed by atoms with E-state index in [1.165, 1.54) is 12.0 Å². The molecule has 0 spiro atoms. The minimum absolute atomic E-state index is 0. The molecular weight excluding hydrogens is 244 g/mol. The van der Waals surface area contributed by atoms with Gasteiger partial charge in [0.15, 0.2) is 0 Å². The number of carbonyl (C=O) groups is 2. The molecule has 0 aromatic rings. The number of nitrogens with zero attached hydrogens (tertiary/aromatic N) is 1. The van der Waals surface area contributed by atoms with Crippen LogP contribution in [0.5, 0.6) is 0 Å². The molecule has 5 nitrogen and oxygen atoms in total. The number of esters is 1. The van der Waals surface area contributed by atoms with Crippen molar-refractivity contribution < 1.29 is 14.3 Å². The maximum atomic E-state index is 11.9. The van der Waals surface area contributed by atoms with Crippen molar-refractivity contribution in [1.29, 1.82) is 0 Å². The minimum atomic E-state index is -0.690. The molecular formula is C11H21ClN2O3. The minimum Gasteiger partial charge on any atom is -0.469 e. The molecule has 1 unspecified atom stereocenters. The van der Waals surface area contributed by atoms with Gasteiger partial charge in [0, 0.05) is 13.6 Å². The lowest BCUT2D eigenvalue weighted by atomic mass is 9.76. The third-order valence-corrected chi connectivity index (χ3v) is 3.17. The quantitative estimate of drug-likeness (QED) is 0.753. The maximum absolute atomic E-state index is 11.9. The van der Waals surface area contributed by atoms with Gasteiger partial charge in [-0.05, 0) is 19.3 Å². The summed E-state index contributed by atoms with van der Waals surface area (Å²) in [5, 5.41) is 0. The number of amides is 1. The molecule has 0 aromatic heterocycles. The Morgan fingerprint density at radius 2 is 2.00 bits per heavy atom. The number of ether oxygens (including phenoxy) is 1. The second kappa shape index (κ2) is 6.21. The van der Waals surface area contributed by atoms with E-state index in [0.717, 1.165) is 19.3 Å². The molecule has 0 aromatic carbocycles. The van der Waals surface area contributed by atoms with E-state index >= 15 is 0 Å². The number of nitrogens with two attached hydrogens (primary N) is 1. The van der Waals surface area contributed by atoms with Crippen molar-refractivity contribution in [3.63, 3.8) is 0 Å². The SMILES string of the molecule is COC(=O)C(C)CN(C)C(=O)C1(N)CCC1.Cl. The standard InChI is InChI=1S/C11H20N2O3.ClH/c1-8(9(14)16-3)7-13(2)10(15)11(12)5-4-6-11;/h8H,4-7,12H2,1-3H3;1H. The van der Waals surface area contributed by atoms with Gasteiger partial charge in [-0.25, -0.2) is 0 Å². The maximum Gasteiger partial charge on any atom is 0.310 e. The average molecular weight is 265 g/mol. The van der Waals surface area contributed by atoms with Gasteiger partial charge in [-0.3, -0.25) is 9.59 Å². The molecule has 0 radical (unpaired) electrons. The highest BCUT2D eigenvalue weighted by Gasteiger charge is 2.42. The van der Waals surface area contributed by atoms with E-state index in [2.05, 4.69) is 4.74 Å². The molecule has 1 saturated carbocycles. The molecule has 1 aliphatic rings. The van der Waals surface area contributed by atoms with Gasteiger partial charge >= 0.3 is 5.97 Å². The van der Waals surface area contributed by atoms with Crippen LogP contribution in [0.15, 0.2) is 0 Å². The highest BCUT2D eigenvalue weighted by atomic mass is 35.5. The van der Waals surface area contributed by atoms with Crippen LogP contribution in [-0.2, 0) is 14.3 Å². The van der Waals surface area contributed by atoms with E-state index < -0.39 is 5.54 Å². The average Bonchev–Trinajstić information content (AvgIpc) is 2.23. The normalized spacial score (nSPS) is 18.4. The highest BCUT2D eigenvalue weighted by molar-refractivity contribution is 5.87. The summed E-state index contributed by atoms with van der Waals surface area (Å²) in [4.78, 5) is 24.7. The number of hydrogen-bond donors (Lipinski definition) is 1. The van der Waals surface area contributed by atoms with E-state index in [1.807, 2.05) is 0 Å². The summed E-state index contributed by atoms with van der Waals surface area (Å²) in [5.74, 6) is -0.698. The number of likely N-dealkylation sites (N-methyl/N-ethyl adjacent to an activating group) is 1. The first kappa shape index (κ1) is 16.2. The van der Waals surface area contributed by atoms with Crippen LogP contribution in [0.2, 0.25) is 0 Å². The molecule has 1 atom stereocenters. The Labute approximate surface area is 108 Å². The van der Waals surface area contributed by atoms with Crippen molar-refractivity contribution >= 4 is 24.3 Å². The third-order valence-electron chi connectivity index (χ3n) is 3.17. The largest absolute Gasteiger partial charge is 0.469 e. The number of carbonyl (C=O) groups excluding carboxylic acids is 2. The molecule has 0 aliphatic heterocycles. The van der Waals surface area contributed by atoms with E-state index in [4.69, 9.17) is 5.73 Å². The number of halogens is 1. The van der Waals surface area contributed by atoms with Gasteiger partial charge in [0.2, 0.25) is 5.91 Å². The monoisotopic (exact) mass is 264 g/mol. The first-order valence-electron chi connectivity index (χ1n) is 5.53. The van der Waals surface area contributed by atoms with Gasteiger partial charge in [-0.1, -0.05) is 6.92 Å². The number of methoxy groups -OCH3 is 1. The fourth-order valence-electron chi connectivity index (χ4n) is 1.92. The van der Waals surface area contributed by atoms with E-state index in [-0.39, 0.29) is 30.2 Å². The van der Waals surface area contributed by atoms with Crippen molar-refractivity contribution in [2.24, 2.45) is 11.7 Å². The van der Waals surface area contributed by atoms with Gasteiger partial charge < -0.3 is 15.4 Å². The lowest BCUT2D eigenvalue weighted by Gasteiger charge is -2.39. The fraction of sp³-hybridized carbons (Fsp3) is 0.818. The van der Waals surface area contributed by atoms with Crippen LogP contribution in [0, 0.1) is 5.92 Å². The summed E-state index contributed by atoms with van der Waals surface area (Å²) in [7, 11) is 3.02. The van der Waals surface area contributed by atoms with Crippen molar-refractivity contribution in [1.82, 2.24) is 4.90 Å². The van der Waals surface area contributed by atoms with Gasteiger partial charge in [0.05, 0.1) is 18.6 Å². The Balaban J connectivity index is 0.00000256. The fourth-order valence-corrected chi connectivity index (χ4v) is 1.92. The number of rotatable bonds is 4. The summed E-state index contributed by atoms with van der Waals surface area (Å²) >= 11 is 0. The van der Waals surface area contributed by atoms with Crippen LogP contribution in [0.1, 0.15) is 26.2 Å². The molecule has 1 fully saturated rings. The Morgan fingerprint density at radius 1 is 1.47 bits per heavy atom. The second-order valence-corrected chi connectivity index (χ2v) is 4.62. The first-order chi connectivity index (χ1) is 7.40. The van der Waals surface area contributed by atoms with E-state index in [9.17, 15) is 9.59 Å². The Bertz CT molecular complexity index is 292. The molecule has 1 amide bonds. The van der Waals surface area contributed by atoms with Gasteiger partial charge in [-0.2, -0.15) is 0 Å². The Morgan fingerprint density at radius 3 is 2.35 bits per heavy atom. The number of hydrogen-bond acceptors (Lipinski definition) is 4. The topological polar surface area (TPSA) is 72.6 Å². The molecule has 2 N–H and O–H groups in total. The zero-order chi connectivity index (χ0) is 12.3. The molecule has 0 heterocycles. The van der Waals surface area contributed by atoms with Crippen LogP contribution in [-0.4, -0.2) is 43.0 Å². The van der Waals surface area contributed by atoms with Crippen molar-refractivity contribution in [2.75, 3.05) is 20.7 Å². The molecule has 0 saturated heterocycles. The summed E-state index contributed by atoms with van der Waals surface area (Å²) in [6, 6.07) is 0. The predicted octanol–water partition coefficient (Wildman–Crippen LogP) is 0.557. The molecule has 0 bridgehead atoms. The second-order valence-electron chi connectivity index (χ2n) is 4.62. The van der Waals surface area contributed by atoms with Crippen LogP contribution >= 0.6 is 12.4 Å². The Hall–Kier alpha value is -0.810. The Kier molecular flexibility index (Phi) is 5.92.